The van der Waals surface area contributed by atoms with Crippen molar-refractivity contribution in [1.82, 2.24) is 5.32 Å². The van der Waals surface area contributed by atoms with Crippen molar-refractivity contribution in [3.8, 4) is 11.1 Å². The van der Waals surface area contributed by atoms with Crippen molar-refractivity contribution in [3.05, 3.63) is 96.1 Å². The summed E-state index contributed by atoms with van der Waals surface area (Å²) >= 11 is 0. The van der Waals surface area contributed by atoms with Crippen LogP contribution in [0.4, 0.5) is 4.79 Å². The number of ether oxygens (including phenoxy) is 2. The Labute approximate surface area is 211 Å². The van der Waals surface area contributed by atoms with Crippen molar-refractivity contribution in [2.75, 3.05) is 12.8 Å². The lowest BCUT2D eigenvalue weighted by atomic mass is 9.98. The molecule has 0 radical (unpaired) electrons. The molecule has 3 aromatic rings. The molecule has 2 unspecified atom stereocenters. The molecule has 0 saturated heterocycles. The van der Waals surface area contributed by atoms with Crippen molar-refractivity contribution in [2.24, 2.45) is 5.92 Å². The van der Waals surface area contributed by atoms with Crippen LogP contribution < -0.4 is 5.32 Å². The minimum absolute atomic E-state index is 0.0412. The van der Waals surface area contributed by atoms with Crippen LogP contribution in [0.1, 0.15) is 25.0 Å². The van der Waals surface area contributed by atoms with Gasteiger partial charge in [-0.05, 0) is 42.5 Å². The highest BCUT2D eigenvalue weighted by molar-refractivity contribution is 7.58. The second-order valence-corrected chi connectivity index (χ2v) is 11.2. The van der Waals surface area contributed by atoms with Crippen molar-refractivity contribution in [2.45, 2.75) is 32.7 Å². The number of esters is 1. The number of hydrogen-bond donors (Lipinski definition) is 2. The van der Waals surface area contributed by atoms with E-state index in [9.17, 15) is 19.0 Å². The number of carbonyl (C=O) groups is 2. The topological polar surface area (TPSA) is 102 Å². The standard InChI is InChI=1S/C28H32NO6P/c1-3-34-27(30)26(18-22-14-16-25(17-15-22)24-12-8-5-9-13-24)20-36(32,33)21(2)29-28(31)35-19-23-10-6-4-7-11-23/h4-17,21,26H,3,18-20H2,1-2H3,(H,29,31)(H,32,33)/t21?,26-/m0/s1. The molecule has 7 nitrogen and oxygen atoms in total. The summed E-state index contributed by atoms with van der Waals surface area (Å²) in [7, 11) is -3.97. The largest absolute Gasteiger partial charge is 0.466 e. The molecule has 1 amide bonds. The van der Waals surface area contributed by atoms with Gasteiger partial charge in [-0.3, -0.25) is 9.36 Å². The second-order valence-electron chi connectivity index (χ2n) is 8.54. The Bertz CT molecular complexity index is 1170. The van der Waals surface area contributed by atoms with Gasteiger partial charge in [-0.2, -0.15) is 0 Å². The summed E-state index contributed by atoms with van der Waals surface area (Å²) in [5.74, 6) is -2.48. The fourth-order valence-electron chi connectivity index (χ4n) is 3.74. The van der Waals surface area contributed by atoms with Crippen molar-refractivity contribution < 1.29 is 28.5 Å². The maximum Gasteiger partial charge on any atom is 0.408 e. The Morgan fingerprint density at radius 2 is 1.44 bits per heavy atom. The SMILES string of the molecule is CCOC(=O)[C@@H](Cc1ccc(-c2ccccc2)cc1)CP(=O)(O)C(C)NC(=O)OCc1ccccc1. The number of carbonyl (C=O) groups excluding carboxylic acids is 2. The van der Waals surface area contributed by atoms with Crippen LogP contribution in [0.3, 0.4) is 0 Å². The van der Waals surface area contributed by atoms with E-state index in [1.54, 1.807) is 6.92 Å². The first-order valence-electron chi connectivity index (χ1n) is 11.9. The molecular formula is C28H32NO6P. The molecule has 0 fully saturated rings. The molecule has 0 spiro atoms. The zero-order valence-electron chi connectivity index (χ0n) is 20.5. The summed E-state index contributed by atoms with van der Waals surface area (Å²) in [6.07, 6.45) is -0.888. The van der Waals surface area contributed by atoms with Crippen LogP contribution in [-0.2, 0) is 31.9 Å². The van der Waals surface area contributed by atoms with E-state index in [2.05, 4.69) is 5.32 Å². The minimum Gasteiger partial charge on any atom is -0.466 e. The maximum atomic E-state index is 13.1. The highest BCUT2D eigenvalue weighted by Crippen LogP contribution is 2.47. The van der Waals surface area contributed by atoms with Crippen LogP contribution in [0.15, 0.2) is 84.9 Å². The first-order valence-corrected chi connectivity index (χ1v) is 13.8. The van der Waals surface area contributed by atoms with Crippen LogP contribution in [-0.4, -0.2) is 35.5 Å². The molecule has 0 heterocycles. The van der Waals surface area contributed by atoms with Gasteiger partial charge in [0.15, 0.2) is 0 Å². The average molecular weight is 510 g/mol. The molecule has 190 valence electrons. The number of alkyl carbamates (subject to hydrolysis) is 1. The molecule has 36 heavy (non-hydrogen) atoms. The molecule has 3 rings (SSSR count). The number of rotatable bonds is 11. The summed E-state index contributed by atoms with van der Waals surface area (Å²) in [6, 6.07) is 26.7. The zero-order chi connectivity index (χ0) is 26.0. The molecular weight excluding hydrogens is 477 g/mol. The molecule has 0 aromatic heterocycles. The summed E-state index contributed by atoms with van der Waals surface area (Å²) in [4.78, 5) is 35.6. The number of hydrogen-bond acceptors (Lipinski definition) is 5. The second kappa shape index (κ2) is 13.1. The third kappa shape index (κ3) is 8.08. The first-order chi connectivity index (χ1) is 17.3. The van der Waals surface area contributed by atoms with E-state index in [0.29, 0.717) is 0 Å². The molecule has 2 N–H and O–H groups in total. The number of nitrogens with one attached hydrogen (secondary N) is 1. The lowest BCUT2D eigenvalue weighted by Gasteiger charge is -2.24. The lowest BCUT2D eigenvalue weighted by Crippen LogP contribution is -2.35. The molecule has 3 atom stereocenters. The van der Waals surface area contributed by atoms with Gasteiger partial charge in [-0.25, -0.2) is 4.79 Å². The van der Waals surface area contributed by atoms with E-state index in [1.165, 1.54) is 6.92 Å². The molecule has 0 bridgehead atoms. The Kier molecular flexibility index (Phi) is 9.86. The fraction of sp³-hybridized carbons (Fsp3) is 0.286. The number of amides is 1. The van der Waals surface area contributed by atoms with Gasteiger partial charge in [-0.15, -0.1) is 0 Å². The molecule has 8 heteroatoms. The summed E-state index contributed by atoms with van der Waals surface area (Å²) in [5.41, 5.74) is 3.75. The molecule has 0 saturated carbocycles. The zero-order valence-corrected chi connectivity index (χ0v) is 21.4. The summed E-state index contributed by atoms with van der Waals surface area (Å²) in [5, 5.41) is 2.43. The monoisotopic (exact) mass is 509 g/mol. The normalized spacial score (nSPS) is 14.2. The van der Waals surface area contributed by atoms with E-state index in [4.69, 9.17) is 9.47 Å². The third-order valence-electron chi connectivity index (χ3n) is 5.79. The number of benzene rings is 3. The Balaban J connectivity index is 1.63. The van der Waals surface area contributed by atoms with Gasteiger partial charge in [0.1, 0.15) is 12.4 Å². The van der Waals surface area contributed by atoms with Crippen LogP contribution in [0.25, 0.3) is 11.1 Å². The molecule has 3 aromatic carbocycles. The first kappa shape index (κ1) is 27.2. The van der Waals surface area contributed by atoms with Crippen molar-refractivity contribution in [3.63, 3.8) is 0 Å². The van der Waals surface area contributed by atoms with Gasteiger partial charge in [0.05, 0.1) is 12.5 Å². The van der Waals surface area contributed by atoms with Gasteiger partial charge < -0.3 is 19.7 Å². The molecule has 0 aliphatic carbocycles. The van der Waals surface area contributed by atoms with E-state index in [0.717, 1.165) is 22.3 Å². The predicted octanol–water partition coefficient (Wildman–Crippen LogP) is 5.62. The van der Waals surface area contributed by atoms with Gasteiger partial charge >= 0.3 is 12.1 Å². The highest BCUT2D eigenvalue weighted by Gasteiger charge is 2.35. The molecule has 0 aliphatic rings. The average Bonchev–Trinajstić information content (AvgIpc) is 2.88. The van der Waals surface area contributed by atoms with Crippen LogP contribution >= 0.6 is 7.37 Å². The quantitative estimate of drug-likeness (QED) is 0.257. The molecule has 0 aliphatic heterocycles. The third-order valence-corrected chi connectivity index (χ3v) is 8.09. The lowest BCUT2D eigenvalue weighted by molar-refractivity contribution is -0.147. The Morgan fingerprint density at radius 1 is 0.861 bits per heavy atom. The maximum absolute atomic E-state index is 13.1. The van der Waals surface area contributed by atoms with Crippen LogP contribution in [0.5, 0.6) is 0 Å². The van der Waals surface area contributed by atoms with E-state index < -0.39 is 31.1 Å². The van der Waals surface area contributed by atoms with Gasteiger partial charge in [0.2, 0.25) is 7.37 Å². The van der Waals surface area contributed by atoms with Crippen LogP contribution in [0, 0.1) is 5.92 Å². The Hall–Kier alpha value is -3.41. The van der Waals surface area contributed by atoms with E-state index in [1.807, 2.05) is 84.9 Å². The minimum atomic E-state index is -3.97. The van der Waals surface area contributed by atoms with Gasteiger partial charge in [-0.1, -0.05) is 84.9 Å². The van der Waals surface area contributed by atoms with Crippen molar-refractivity contribution in [1.29, 1.82) is 0 Å². The predicted molar refractivity (Wildman–Crippen MR) is 140 cm³/mol. The van der Waals surface area contributed by atoms with Crippen molar-refractivity contribution >= 4 is 19.4 Å². The van der Waals surface area contributed by atoms with Crippen LogP contribution in [0.2, 0.25) is 0 Å². The smallest absolute Gasteiger partial charge is 0.408 e. The summed E-state index contributed by atoms with van der Waals surface area (Å²) in [6.45, 7) is 3.33. The highest BCUT2D eigenvalue weighted by atomic mass is 31.2. The fourth-order valence-corrected chi connectivity index (χ4v) is 5.27. The van der Waals surface area contributed by atoms with Gasteiger partial charge in [0, 0.05) is 6.16 Å². The summed E-state index contributed by atoms with van der Waals surface area (Å²) < 4.78 is 23.5. The van der Waals surface area contributed by atoms with E-state index >= 15 is 0 Å². The van der Waals surface area contributed by atoms with E-state index in [-0.39, 0.29) is 25.8 Å². The Morgan fingerprint density at radius 3 is 2.06 bits per heavy atom. The van der Waals surface area contributed by atoms with Gasteiger partial charge in [0.25, 0.3) is 0 Å².